The number of hydrogen-bond acceptors (Lipinski definition) is 3. The summed E-state index contributed by atoms with van der Waals surface area (Å²) in [5, 5.41) is 18.2. The number of benzene rings is 1. The molecule has 0 spiro atoms. The Labute approximate surface area is 77.3 Å². The van der Waals surface area contributed by atoms with Crippen LogP contribution in [0.3, 0.4) is 0 Å². The van der Waals surface area contributed by atoms with E-state index >= 15 is 0 Å². The minimum absolute atomic E-state index is 0.400. The molecule has 0 saturated carbocycles. The van der Waals surface area contributed by atoms with Gasteiger partial charge in [-0.15, -0.1) is 0 Å². The van der Waals surface area contributed by atoms with E-state index in [1.165, 1.54) is 6.07 Å². The van der Waals surface area contributed by atoms with Crippen molar-refractivity contribution in [3.63, 3.8) is 0 Å². The van der Waals surface area contributed by atoms with Gasteiger partial charge in [0.05, 0.1) is 15.5 Å². The number of nitrogens with zero attached hydrogens (tertiary/aromatic N) is 2. The molecule has 13 heavy (non-hydrogen) atoms. The molecule has 0 aromatic heterocycles. The second-order valence-corrected chi connectivity index (χ2v) is 2.57. The molecule has 0 aliphatic carbocycles. The van der Waals surface area contributed by atoms with Crippen LogP contribution in [0.1, 0.15) is 5.56 Å². The lowest BCUT2D eigenvalue weighted by atomic mass is 10.2. The van der Waals surface area contributed by atoms with E-state index in [2.05, 4.69) is 0 Å². The molecule has 6 heteroatoms. The van der Waals surface area contributed by atoms with Crippen molar-refractivity contribution in [3.8, 4) is 6.07 Å². The molecule has 0 unspecified atom stereocenters. The topological polar surface area (TPSA) is 66.9 Å². The summed E-state index contributed by atoms with van der Waals surface area (Å²) in [6, 6.07) is 3.16. The molecule has 1 rings (SSSR count). The van der Waals surface area contributed by atoms with E-state index in [1.54, 1.807) is 0 Å². The Morgan fingerprint density at radius 3 is 2.69 bits per heavy atom. The van der Waals surface area contributed by atoms with Crippen LogP contribution >= 0.6 is 11.6 Å². The Hall–Kier alpha value is -1.67. The smallest absolute Gasteiger partial charge is 0.258 e. The maximum Gasteiger partial charge on any atom is 0.272 e. The molecule has 0 fully saturated rings. The molecule has 1 aromatic rings. The summed E-state index contributed by atoms with van der Waals surface area (Å²) in [6.45, 7) is 0. The number of non-ortho nitro benzene ring substituents is 1. The fourth-order valence-corrected chi connectivity index (χ4v) is 0.975. The molecule has 0 aliphatic rings. The van der Waals surface area contributed by atoms with E-state index in [-0.39, 0.29) is 0 Å². The highest BCUT2D eigenvalue weighted by Gasteiger charge is 2.14. The third-order valence-corrected chi connectivity index (χ3v) is 1.62. The van der Waals surface area contributed by atoms with Crippen LogP contribution < -0.4 is 0 Å². The standard InChI is InChI=1S/C7H2ClFN2O2/c8-6-2-5(11(12)13)1-4(3-10)7(6)9/h1-2H. The molecule has 0 radical (unpaired) electrons. The zero-order valence-corrected chi connectivity index (χ0v) is 6.88. The minimum atomic E-state index is -0.935. The summed E-state index contributed by atoms with van der Waals surface area (Å²) >= 11 is 5.31. The van der Waals surface area contributed by atoms with Crippen LogP contribution in [0.25, 0.3) is 0 Å². The van der Waals surface area contributed by atoms with Gasteiger partial charge in [0, 0.05) is 12.1 Å². The van der Waals surface area contributed by atoms with Gasteiger partial charge in [-0.05, 0) is 0 Å². The summed E-state index contributed by atoms with van der Waals surface area (Å²) in [4.78, 5) is 9.50. The fraction of sp³-hybridized carbons (Fsp3) is 0. The highest BCUT2D eigenvalue weighted by atomic mass is 35.5. The van der Waals surface area contributed by atoms with E-state index in [0.29, 0.717) is 0 Å². The van der Waals surface area contributed by atoms with E-state index in [4.69, 9.17) is 16.9 Å². The third kappa shape index (κ3) is 1.73. The van der Waals surface area contributed by atoms with Crippen LogP contribution in [0.2, 0.25) is 5.02 Å². The van der Waals surface area contributed by atoms with Gasteiger partial charge < -0.3 is 0 Å². The van der Waals surface area contributed by atoms with Crippen molar-refractivity contribution in [1.82, 2.24) is 0 Å². The SMILES string of the molecule is N#Cc1cc([N+](=O)[O-])cc(Cl)c1F. The second kappa shape index (κ2) is 3.37. The lowest BCUT2D eigenvalue weighted by Crippen LogP contribution is -1.92. The number of hydrogen-bond donors (Lipinski definition) is 0. The Morgan fingerprint density at radius 1 is 1.62 bits per heavy atom. The molecule has 0 bridgehead atoms. The molecular formula is C7H2ClFN2O2. The normalized spacial score (nSPS) is 9.31. The summed E-state index contributed by atoms with van der Waals surface area (Å²) in [5.74, 6) is -0.935. The number of nitro groups is 1. The van der Waals surface area contributed by atoms with Gasteiger partial charge >= 0.3 is 0 Å². The Bertz CT molecular complexity index is 414. The van der Waals surface area contributed by atoms with Gasteiger partial charge in [0.25, 0.3) is 5.69 Å². The van der Waals surface area contributed by atoms with E-state index in [1.807, 2.05) is 0 Å². The lowest BCUT2D eigenvalue weighted by molar-refractivity contribution is -0.384. The first-order valence-electron chi connectivity index (χ1n) is 3.10. The van der Waals surface area contributed by atoms with Crippen molar-refractivity contribution in [2.24, 2.45) is 0 Å². The van der Waals surface area contributed by atoms with Gasteiger partial charge in [-0.2, -0.15) is 5.26 Å². The van der Waals surface area contributed by atoms with Gasteiger partial charge in [0.15, 0.2) is 5.82 Å². The molecule has 66 valence electrons. The first-order valence-corrected chi connectivity index (χ1v) is 3.47. The molecule has 0 N–H and O–H groups in total. The molecule has 4 nitrogen and oxygen atoms in total. The maximum absolute atomic E-state index is 12.9. The molecule has 0 atom stereocenters. The van der Waals surface area contributed by atoms with Crippen LogP contribution in [0, 0.1) is 27.3 Å². The molecule has 1 aromatic carbocycles. The van der Waals surface area contributed by atoms with Gasteiger partial charge in [0.2, 0.25) is 0 Å². The van der Waals surface area contributed by atoms with Gasteiger partial charge in [-0.1, -0.05) is 11.6 Å². The van der Waals surface area contributed by atoms with E-state index < -0.39 is 27.0 Å². The lowest BCUT2D eigenvalue weighted by Gasteiger charge is -1.96. The molecular weight excluding hydrogens is 199 g/mol. The van der Waals surface area contributed by atoms with Crippen molar-refractivity contribution >= 4 is 17.3 Å². The summed E-state index contributed by atoms with van der Waals surface area (Å²) in [5.41, 5.74) is -0.831. The first-order chi connectivity index (χ1) is 6.06. The Morgan fingerprint density at radius 2 is 2.23 bits per heavy atom. The highest BCUT2D eigenvalue weighted by molar-refractivity contribution is 6.31. The van der Waals surface area contributed by atoms with Crippen LogP contribution in [-0.4, -0.2) is 4.92 Å². The number of nitro benzene ring substituents is 1. The number of nitriles is 1. The quantitative estimate of drug-likeness (QED) is 0.516. The van der Waals surface area contributed by atoms with Crippen molar-refractivity contribution in [3.05, 3.63) is 38.7 Å². The van der Waals surface area contributed by atoms with Crippen LogP contribution in [0.15, 0.2) is 12.1 Å². The van der Waals surface area contributed by atoms with Crippen LogP contribution in [0.4, 0.5) is 10.1 Å². The largest absolute Gasteiger partial charge is 0.272 e. The highest BCUT2D eigenvalue weighted by Crippen LogP contribution is 2.24. The van der Waals surface area contributed by atoms with Gasteiger partial charge in [-0.25, -0.2) is 4.39 Å². The zero-order chi connectivity index (χ0) is 10.0. The van der Waals surface area contributed by atoms with Crippen LogP contribution in [0.5, 0.6) is 0 Å². The van der Waals surface area contributed by atoms with Crippen molar-refractivity contribution < 1.29 is 9.31 Å². The van der Waals surface area contributed by atoms with Crippen molar-refractivity contribution in [2.75, 3.05) is 0 Å². The minimum Gasteiger partial charge on any atom is -0.258 e. The van der Waals surface area contributed by atoms with Gasteiger partial charge in [-0.3, -0.25) is 10.1 Å². The van der Waals surface area contributed by atoms with E-state index in [9.17, 15) is 14.5 Å². The predicted molar refractivity (Wildman–Crippen MR) is 42.8 cm³/mol. The second-order valence-electron chi connectivity index (χ2n) is 2.16. The predicted octanol–water partition coefficient (Wildman–Crippen LogP) is 2.26. The van der Waals surface area contributed by atoms with Crippen LogP contribution in [-0.2, 0) is 0 Å². The number of halogens is 2. The average molecular weight is 201 g/mol. The first kappa shape index (κ1) is 9.42. The maximum atomic E-state index is 12.9. The third-order valence-electron chi connectivity index (χ3n) is 1.34. The Kier molecular flexibility index (Phi) is 2.44. The molecule has 0 amide bonds. The van der Waals surface area contributed by atoms with Crippen molar-refractivity contribution in [2.45, 2.75) is 0 Å². The molecule has 0 saturated heterocycles. The summed E-state index contributed by atoms with van der Waals surface area (Å²) < 4.78 is 12.9. The summed E-state index contributed by atoms with van der Waals surface area (Å²) in [7, 11) is 0. The zero-order valence-electron chi connectivity index (χ0n) is 6.12. The fourth-order valence-electron chi connectivity index (χ4n) is 0.762. The number of rotatable bonds is 1. The van der Waals surface area contributed by atoms with Crippen molar-refractivity contribution in [1.29, 1.82) is 5.26 Å². The van der Waals surface area contributed by atoms with Gasteiger partial charge in [0.1, 0.15) is 6.07 Å². The summed E-state index contributed by atoms with van der Waals surface area (Å²) in [6.07, 6.45) is 0. The Balaban J connectivity index is 3.41. The average Bonchev–Trinajstić information content (AvgIpc) is 2.09. The molecule has 0 aliphatic heterocycles. The molecule has 0 heterocycles. The van der Waals surface area contributed by atoms with E-state index in [0.717, 1.165) is 12.1 Å². The monoisotopic (exact) mass is 200 g/mol.